The molecule has 2 N–H and O–H groups in total. The van der Waals surface area contributed by atoms with Gasteiger partial charge < -0.3 is 9.57 Å². The van der Waals surface area contributed by atoms with E-state index in [4.69, 9.17) is 5.90 Å². The van der Waals surface area contributed by atoms with E-state index in [9.17, 15) is 4.79 Å². The molecule has 0 spiro atoms. The number of hydrogen-bond acceptors (Lipinski definition) is 5. The molecule has 1 atom stereocenters. The van der Waals surface area contributed by atoms with Crippen LogP contribution >= 0.6 is 11.3 Å². The number of nitrogens with two attached hydrogens (primary N) is 1. The fraction of sp³-hybridized carbons (Fsp3) is 0.444. The highest BCUT2D eigenvalue weighted by Gasteiger charge is 2.17. The number of rotatable bonds is 4. The summed E-state index contributed by atoms with van der Waals surface area (Å²) in [5.41, 5.74) is 0.923. The van der Waals surface area contributed by atoms with Gasteiger partial charge in [0.1, 0.15) is 4.88 Å². The van der Waals surface area contributed by atoms with Gasteiger partial charge in [-0.25, -0.2) is 10.7 Å². The topological polar surface area (TPSA) is 61.5 Å². The molecule has 0 saturated heterocycles. The molecule has 0 aliphatic carbocycles. The fourth-order valence-corrected chi connectivity index (χ4v) is 2.14. The molecule has 1 rings (SSSR count). The van der Waals surface area contributed by atoms with Gasteiger partial charge in [0.2, 0.25) is 0 Å². The summed E-state index contributed by atoms with van der Waals surface area (Å²) in [6, 6.07) is 1.89. The van der Waals surface area contributed by atoms with Gasteiger partial charge in [0, 0.05) is 5.92 Å². The van der Waals surface area contributed by atoms with Gasteiger partial charge in [0.15, 0.2) is 0 Å². The van der Waals surface area contributed by atoms with Crippen LogP contribution in [0.4, 0.5) is 0 Å². The first-order valence-electron chi connectivity index (χ1n) is 4.18. The first-order valence-corrected chi connectivity index (χ1v) is 5.06. The van der Waals surface area contributed by atoms with Crippen molar-refractivity contribution < 1.29 is 14.4 Å². The highest BCUT2D eigenvalue weighted by molar-refractivity contribution is 7.12. The summed E-state index contributed by atoms with van der Waals surface area (Å²) in [4.78, 5) is 16.5. The van der Waals surface area contributed by atoms with Crippen LogP contribution in [0.3, 0.4) is 0 Å². The van der Waals surface area contributed by atoms with E-state index in [-0.39, 0.29) is 11.9 Å². The molecule has 5 heteroatoms. The number of carbonyl (C=O) groups is 1. The third kappa shape index (κ3) is 2.31. The van der Waals surface area contributed by atoms with Crippen molar-refractivity contribution in [2.24, 2.45) is 5.90 Å². The van der Waals surface area contributed by atoms with Crippen molar-refractivity contribution in [2.45, 2.75) is 12.8 Å². The number of esters is 1. The van der Waals surface area contributed by atoms with Crippen molar-refractivity contribution in [1.29, 1.82) is 0 Å². The molecule has 0 saturated carbocycles. The second-order valence-corrected chi connectivity index (χ2v) is 3.85. The van der Waals surface area contributed by atoms with Crippen LogP contribution in [0.5, 0.6) is 0 Å². The minimum Gasteiger partial charge on any atom is -0.465 e. The summed E-state index contributed by atoms with van der Waals surface area (Å²) in [6.07, 6.45) is 0. The van der Waals surface area contributed by atoms with E-state index in [1.807, 2.05) is 18.4 Å². The predicted molar refractivity (Wildman–Crippen MR) is 54.2 cm³/mol. The third-order valence-electron chi connectivity index (χ3n) is 1.94. The summed E-state index contributed by atoms with van der Waals surface area (Å²) >= 11 is 1.37. The predicted octanol–water partition coefficient (Wildman–Crippen LogP) is 1.53. The number of hydrogen-bond donors (Lipinski definition) is 1. The summed E-state index contributed by atoms with van der Waals surface area (Å²) in [5, 5.41) is 1.86. The van der Waals surface area contributed by atoms with Crippen LogP contribution in [-0.4, -0.2) is 19.7 Å². The standard InChI is InChI=1S/C9H13NO3S/c1-6(5-13-10)7-3-4-14-8(7)9(11)12-2/h3-4,6H,5,10H2,1-2H3. The monoisotopic (exact) mass is 215 g/mol. The van der Waals surface area contributed by atoms with Gasteiger partial charge >= 0.3 is 5.97 Å². The largest absolute Gasteiger partial charge is 0.465 e. The number of ether oxygens (including phenoxy) is 1. The molecule has 4 nitrogen and oxygen atoms in total. The van der Waals surface area contributed by atoms with E-state index < -0.39 is 0 Å². The molecule has 0 aliphatic rings. The van der Waals surface area contributed by atoms with Crippen molar-refractivity contribution >= 4 is 17.3 Å². The molecular weight excluding hydrogens is 202 g/mol. The molecule has 1 aromatic rings. The summed E-state index contributed by atoms with van der Waals surface area (Å²) < 4.78 is 4.66. The Labute approximate surface area is 86.6 Å². The van der Waals surface area contributed by atoms with Crippen LogP contribution in [-0.2, 0) is 9.57 Å². The van der Waals surface area contributed by atoms with Crippen LogP contribution in [0.1, 0.15) is 28.1 Å². The normalized spacial score (nSPS) is 12.5. The maximum atomic E-state index is 11.3. The average molecular weight is 215 g/mol. The van der Waals surface area contributed by atoms with E-state index in [1.165, 1.54) is 18.4 Å². The molecule has 14 heavy (non-hydrogen) atoms. The van der Waals surface area contributed by atoms with E-state index in [1.54, 1.807) is 0 Å². The minimum absolute atomic E-state index is 0.0975. The molecule has 78 valence electrons. The van der Waals surface area contributed by atoms with Crippen molar-refractivity contribution in [3.05, 3.63) is 21.9 Å². The second-order valence-electron chi connectivity index (χ2n) is 2.93. The molecule has 0 aromatic carbocycles. The lowest BCUT2D eigenvalue weighted by molar-refractivity contribution is 0.0603. The molecule has 1 unspecified atom stereocenters. The Morgan fingerprint density at radius 3 is 3.00 bits per heavy atom. The van der Waals surface area contributed by atoms with Crippen LogP contribution in [0.25, 0.3) is 0 Å². The SMILES string of the molecule is COC(=O)c1sccc1C(C)CON. The Morgan fingerprint density at radius 1 is 1.71 bits per heavy atom. The van der Waals surface area contributed by atoms with Gasteiger partial charge in [0.25, 0.3) is 0 Å². The van der Waals surface area contributed by atoms with Gasteiger partial charge in [-0.3, -0.25) is 0 Å². The molecule has 0 bridgehead atoms. The van der Waals surface area contributed by atoms with Crippen LogP contribution in [0.2, 0.25) is 0 Å². The van der Waals surface area contributed by atoms with Crippen LogP contribution < -0.4 is 5.90 Å². The fourth-order valence-electron chi connectivity index (χ4n) is 1.20. The lowest BCUT2D eigenvalue weighted by atomic mass is 10.0. The zero-order valence-electron chi connectivity index (χ0n) is 8.15. The van der Waals surface area contributed by atoms with E-state index >= 15 is 0 Å². The van der Waals surface area contributed by atoms with Gasteiger partial charge in [-0.1, -0.05) is 6.92 Å². The Morgan fingerprint density at radius 2 is 2.43 bits per heavy atom. The van der Waals surface area contributed by atoms with E-state index in [2.05, 4.69) is 9.57 Å². The highest BCUT2D eigenvalue weighted by atomic mass is 32.1. The average Bonchev–Trinajstić information content (AvgIpc) is 2.65. The molecule has 0 fully saturated rings. The van der Waals surface area contributed by atoms with Gasteiger partial charge in [-0.05, 0) is 17.0 Å². The van der Waals surface area contributed by atoms with Crippen molar-refractivity contribution in [3.63, 3.8) is 0 Å². The Hall–Kier alpha value is -0.910. The molecule has 0 aliphatic heterocycles. The second kappa shape index (κ2) is 5.09. The van der Waals surface area contributed by atoms with Crippen LogP contribution in [0.15, 0.2) is 11.4 Å². The Balaban J connectivity index is 2.86. The maximum Gasteiger partial charge on any atom is 0.348 e. The molecular formula is C9H13NO3S. The zero-order chi connectivity index (χ0) is 10.6. The number of carbonyl (C=O) groups excluding carboxylic acids is 1. The maximum absolute atomic E-state index is 11.3. The van der Waals surface area contributed by atoms with Gasteiger partial charge in [0.05, 0.1) is 13.7 Å². The minimum atomic E-state index is -0.307. The molecule has 0 amide bonds. The lowest BCUT2D eigenvalue weighted by Gasteiger charge is -2.09. The van der Waals surface area contributed by atoms with Gasteiger partial charge in [-0.2, -0.15) is 0 Å². The van der Waals surface area contributed by atoms with Crippen molar-refractivity contribution in [3.8, 4) is 0 Å². The first kappa shape index (κ1) is 11.2. The Bertz CT molecular complexity index is 311. The summed E-state index contributed by atoms with van der Waals surface area (Å²) in [7, 11) is 1.37. The lowest BCUT2D eigenvalue weighted by Crippen LogP contribution is -2.11. The van der Waals surface area contributed by atoms with Crippen molar-refractivity contribution in [2.75, 3.05) is 13.7 Å². The Kier molecular flexibility index (Phi) is 4.06. The molecule has 0 radical (unpaired) electrons. The smallest absolute Gasteiger partial charge is 0.348 e. The van der Waals surface area contributed by atoms with Gasteiger partial charge in [-0.15, -0.1) is 11.3 Å². The van der Waals surface area contributed by atoms with Crippen LogP contribution in [0, 0.1) is 0 Å². The first-order chi connectivity index (χ1) is 6.70. The summed E-state index contributed by atoms with van der Waals surface area (Å²) in [5.74, 6) is 4.77. The number of thiophene rings is 1. The zero-order valence-corrected chi connectivity index (χ0v) is 8.97. The quantitative estimate of drug-likeness (QED) is 0.611. The summed E-state index contributed by atoms with van der Waals surface area (Å²) in [6.45, 7) is 2.34. The third-order valence-corrected chi connectivity index (χ3v) is 2.85. The van der Waals surface area contributed by atoms with E-state index in [0.717, 1.165) is 5.56 Å². The molecule has 1 aromatic heterocycles. The highest BCUT2D eigenvalue weighted by Crippen LogP contribution is 2.25. The van der Waals surface area contributed by atoms with E-state index in [0.29, 0.717) is 11.5 Å². The van der Waals surface area contributed by atoms with Crippen molar-refractivity contribution in [1.82, 2.24) is 0 Å². The number of methoxy groups -OCH3 is 1. The molecule has 1 heterocycles.